The van der Waals surface area contributed by atoms with Crippen molar-refractivity contribution in [1.29, 1.82) is 0 Å². The Labute approximate surface area is 154 Å². The van der Waals surface area contributed by atoms with Gasteiger partial charge in [0.05, 0.1) is 0 Å². The highest BCUT2D eigenvalue weighted by Gasteiger charge is 2.33. The van der Waals surface area contributed by atoms with E-state index in [2.05, 4.69) is 17.2 Å². The van der Waals surface area contributed by atoms with Gasteiger partial charge in [-0.15, -0.1) is 0 Å². The van der Waals surface area contributed by atoms with Gasteiger partial charge in [0.15, 0.2) is 5.78 Å². The van der Waals surface area contributed by atoms with Crippen LogP contribution in [0.5, 0.6) is 0 Å². The van der Waals surface area contributed by atoms with Gasteiger partial charge >= 0.3 is 0 Å². The summed E-state index contributed by atoms with van der Waals surface area (Å²) in [4.78, 5) is 42.3. The molecule has 0 radical (unpaired) electrons. The summed E-state index contributed by atoms with van der Waals surface area (Å²) in [5.41, 5.74) is 0.731. The van der Waals surface area contributed by atoms with E-state index >= 15 is 0 Å². The van der Waals surface area contributed by atoms with Gasteiger partial charge in [0.1, 0.15) is 5.56 Å². The third-order valence-corrected chi connectivity index (χ3v) is 5.53. The van der Waals surface area contributed by atoms with Crippen molar-refractivity contribution in [3.05, 3.63) is 33.2 Å². The highest BCUT2D eigenvalue weighted by atomic mass is 16.2. The van der Waals surface area contributed by atoms with Gasteiger partial charge in [-0.05, 0) is 49.8 Å². The summed E-state index contributed by atoms with van der Waals surface area (Å²) in [5.74, 6) is 0.323. The van der Waals surface area contributed by atoms with Crippen molar-refractivity contribution in [2.24, 2.45) is 11.3 Å². The van der Waals surface area contributed by atoms with Crippen LogP contribution in [0.25, 0.3) is 0 Å². The van der Waals surface area contributed by atoms with E-state index in [9.17, 15) is 14.4 Å². The number of hydrogen-bond donors (Lipinski definition) is 2. The van der Waals surface area contributed by atoms with Crippen LogP contribution < -0.4 is 10.9 Å². The number of hydrogen-bond acceptors (Lipinski definition) is 4. The average Bonchev–Trinajstić information content (AvgIpc) is 2.58. The van der Waals surface area contributed by atoms with E-state index in [1.165, 1.54) is 6.07 Å². The van der Waals surface area contributed by atoms with Crippen LogP contribution in [-0.2, 0) is 6.42 Å². The van der Waals surface area contributed by atoms with Crippen LogP contribution in [0.1, 0.15) is 66.4 Å². The number of fused-ring (bicyclic) bond motifs is 1. The number of H-pyrrole nitrogens is 1. The molecule has 0 saturated carbocycles. The molecule has 0 spiro atoms. The number of amides is 1. The first kappa shape index (κ1) is 18.8. The van der Waals surface area contributed by atoms with Crippen molar-refractivity contribution in [1.82, 2.24) is 15.2 Å². The Hall–Kier alpha value is -1.95. The molecule has 0 unspecified atom stereocenters. The quantitative estimate of drug-likeness (QED) is 0.861. The number of pyridine rings is 1. The van der Waals surface area contributed by atoms with Gasteiger partial charge in [-0.2, -0.15) is 0 Å². The fourth-order valence-corrected chi connectivity index (χ4v) is 4.05. The Bertz CT molecular complexity index is 758. The summed E-state index contributed by atoms with van der Waals surface area (Å²) in [5, 5.41) is 3.35. The van der Waals surface area contributed by atoms with E-state index in [0.29, 0.717) is 43.1 Å². The number of aromatic amines is 1. The van der Waals surface area contributed by atoms with Crippen LogP contribution >= 0.6 is 0 Å². The molecule has 1 saturated heterocycles. The molecule has 142 valence electrons. The molecule has 2 heterocycles. The summed E-state index contributed by atoms with van der Waals surface area (Å²) in [6.07, 6.45) is 2.96. The molecule has 1 aromatic rings. The molecule has 1 amide bonds. The lowest BCUT2D eigenvalue weighted by Gasteiger charge is -2.33. The normalized spacial score (nSPS) is 20.1. The Morgan fingerprint density at radius 2 is 1.96 bits per heavy atom. The molecular formula is C20H29N3O3. The zero-order valence-corrected chi connectivity index (χ0v) is 16.0. The maximum absolute atomic E-state index is 12.8. The third-order valence-electron chi connectivity index (χ3n) is 5.53. The number of likely N-dealkylation sites (tertiary alicyclic amines) is 1. The number of nitrogens with one attached hydrogen (secondary N) is 2. The monoisotopic (exact) mass is 359 g/mol. The topological polar surface area (TPSA) is 82.3 Å². The third kappa shape index (κ3) is 3.90. The molecule has 1 aliphatic heterocycles. The van der Waals surface area contributed by atoms with Crippen molar-refractivity contribution in [2.45, 2.75) is 46.5 Å². The summed E-state index contributed by atoms with van der Waals surface area (Å²) in [7, 11) is 0. The second-order valence-corrected chi connectivity index (χ2v) is 8.39. The molecule has 0 bridgehead atoms. The molecule has 6 nitrogen and oxygen atoms in total. The number of carbonyl (C=O) groups excluding carboxylic acids is 2. The summed E-state index contributed by atoms with van der Waals surface area (Å²) >= 11 is 0. The standard InChI is InChI=1S/C20H29N3O3/c1-4-21-12-13-5-7-23(8-6-13)19(26)15-9-14-16(22-18(15)25)10-20(2,3)11-17(14)24/h9,13,21H,4-8,10-12H2,1-3H3,(H,22,25). The number of ketones is 1. The Balaban J connectivity index is 1.76. The fraction of sp³-hybridized carbons (Fsp3) is 0.650. The molecule has 1 aliphatic carbocycles. The van der Waals surface area contributed by atoms with Gasteiger partial charge in [-0.1, -0.05) is 20.8 Å². The van der Waals surface area contributed by atoms with E-state index in [1.54, 1.807) is 4.90 Å². The van der Waals surface area contributed by atoms with E-state index in [1.807, 2.05) is 13.8 Å². The zero-order chi connectivity index (χ0) is 18.9. The number of aromatic nitrogens is 1. The summed E-state index contributed by atoms with van der Waals surface area (Å²) < 4.78 is 0. The number of Topliss-reactive ketones (excluding diaryl/α,β-unsaturated/α-hetero) is 1. The first-order valence-electron chi connectivity index (χ1n) is 9.60. The largest absolute Gasteiger partial charge is 0.338 e. The first-order valence-corrected chi connectivity index (χ1v) is 9.60. The lowest BCUT2D eigenvalue weighted by molar-refractivity contribution is 0.0688. The first-order chi connectivity index (χ1) is 12.3. The highest BCUT2D eigenvalue weighted by molar-refractivity contribution is 6.02. The van der Waals surface area contributed by atoms with Gasteiger partial charge in [0.25, 0.3) is 11.5 Å². The maximum Gasteiger partial charge on any atom is 0.261 e. The molecule has 0 aromatic carbocycles. The molecule has 2 aliphatic rings. The van der Waals surface area contributed by atoms with Crippen LogP contribution in [0.2, 0.25) is 0 Å². The fourth-order valence-electron chi connectivity index (χ4n) is 4.05. The number of piperidine rings is 1. The van der Waals surface area contributed by atoms with Gasteiger partial charge < -0.3 is 15.2 Å². The predicted octanol–water partition coefficient (Wildman–Crippen LogP) is 1.99. The van der Waals surface area contributed by atoms with Crippen molar-refractivity contribution in [3.8, 4) is 0 Å². The average molecular weight is 359 g/mol. The van der Waals surface area contributed by atoms with Crippen LogP contribution in [0.4, 0.5) is 0 Å². The van der Waals surface area contributed by atoms with E-state index in [4.69, 9.17) is 0 Å². The Kier molecular flexibility index (Phi) is 5.32. The number of nitrogens with zero attached hydrogens (tertiary/aromatic N) is 1. The summed E-state index contributed by atoms with van der Waals surface area (Å²) in [6.45, 7) is 9.37. The minimum atomic E-state index is -0.381. The van der Waals surface area contributed by atoms with E-state index in [-0.39, 0.29) is 28.2 Å². The molecular weight excluding hydrogens is 330 g/mol. The molecule has 1 aromatic heterocycles. The minimum absolute atomic E-state index is 0.00546. The Morgan fingerprint density at radius 1 is 1.27 bits per heavy atom. The molecule has 1 fully saturated rings. The van der Waals surface area contributed by atoms with E-state index in [0.717, 1.165) is 25.9 Å². The van der Waals surface area contributed by atoms with Crippen molar-refractivity contribution >= 4 is 11.7 Å². The van der Waals surface area contributed by atoms with Gasteiger partial charge in [-0.25, -0.2) is 0 Å². The minimum Gasteiger partial charge on any atom is -0.338 e. The summed E-state index contributed by atoms with van der Waals surface area (Å²) in [6, 6.07) is 1.53. The molecule has 6 heteroatoms. The molecule has 2 N–H and O–H groups in total. The van der Waals surface area contributed by atoms with Crippen LogP contribution in [-0.4, -0.2) is 47.8 Å². The lowest BCUT2D eigenvalue weighted by atomic mass is 9.75. The second kappa shape index (κ2) is 7.35. The molecule has 26 heavy (non-hydrogen) atoms. The second-order valence-electron chi connectivity index (χ2n) is 8.39. The van der Waals surface area contributed by atoms with Crippen molar-refractivity contribution < 1.29 is 9.59 Å². The van der Waals surface area contributed by atoms with Crippen molar-refractivity contribution in [2.75, 3.05) is 26.2 Å². The van der Waals surface area contributed by atoms with E-state index < -0.39 is 0 Å². The Morgan fingerprint density at radius 3 is 2.62 bits per heavy atom. The van der Waals surface area contributed by atoms with Gasteiger partial charge in [0, 0.05) is 30.8 Å². The highest BCUT2D eigenvalue weighted by Crippen LogP contribution is 2.33. The van der Waals surface area contributed by atoms with Gasteiger partial charge in [0.2, 0.25) is 0 Å². The molecule has 0 atom stereocenters. The maximum atomic E-state index is 12.8. The lowest BCUT2D eigenvalue weighted by Crippen LogP contribution is -2.43. The van der Waals surface area contributed by atoms with Crippen molar-refractivity contribution in [3.63, 3.8) is 0 Å². The predicted molar refractivity (Wildman–Crippen MR) is 101 cm³/mol. The number of carbonyl (C=O) groups is 2. The van der Waals surface area contributed by atoms with Gasteiger partial charge in [-0.3, -0.25) is 14.4 Å². The van der Waals surface area contributed by atoms with Crippen LogP contribution in [0.3, 0.4) is 0 Å². The molecule has 3 rings (SSSR count). The van der Waals surface area contributed by atoms with Crippen LogP contribution in [0, 0.1) is 11.3 Å². The SMILES string of the molecule is CCNCC1CCN(C(=O)c2cc3c([nH]c2=O)CC(C)(C)CC3=O)CC1. The van der Waals surface area contributed by atoms with Crippen LogP contribution in [0.15, 0.2) is 10.9 Å². The number of rotatable bonds is 4. The zero-order valence-electron chi connectivity index (χ0n) is 16.0. The smallest absolute Gasteiger partial charge is 0.261 e.